The number of anilines is 1. The summed E-state index contributed by atoms with van der Waals surface area (Å²) in [7, 11) is 1.50. The van der Waals surface area contributed by atoms with E-state index in [1.54, 1.807) is 12.1 Å². The van der Waals surface area contributed by atoms with Gasteiger partial charge in [-0.2, -0.15) is 0 Å². The Labute approximate surface area is 123 Å². The van der Waals surface area contributed by atoms with Crippen molar-refractivity contribution >= 4 is 45.0 Å². The highest BCUT2D eigenvalue weighted by atomic mass is 79.9. The van der Waals surface area contributed by atoms with Crippen LogP contribution in [0.1, 0.15) is 6.42 Å². The maximum absolute atomic E-state index is 12.0. The van der Waals surface area contributed by atoms with Crippen molar-refractivity contribution in [3.63, 3.8) is 0 Å². The van der Waals surface area contributed by atoms with Crippen molar-refractivity contribution in [3.8, 4) is 5.75 Å². The number of hydrogen-bond donors (Lipinski definition) is 2. The second-order valence-corrected chi connectivity index (χ2v) is 5.45. The smallest absolute Gasteiger partial charge is 0.229 e. The minimum absolute atomic E-state index is 0.112. The molecular weight excluding hydrogens is 336 g/mol. The van der Waals surface area contributed by atoms with Crippen LogP contribution in [0, 0.1) is 5.92 Å². The zero-order valence-electron chi connectivity index (χ0n) is 10.1. The van der Waals surface area contributed by atoms with E-state index in [0.29, 0.717) is 27.5 Å². The van der Waals surface area contributed by atoms with Gasteiger partial charge in [0.15, 0.2) is 5.75 Å². The quantitative estimate of drug-likeness (QED) is 0.881. The number of ether oxygens (including phenoxy) is 1. The third-order valence-electron chi connectivity index (χ3n) is 2.82. The zero-order chi connectivity index (χ0) is 14.0. The van der Waals surface area contributed by atoms with Crippen LogP contribution in [0.15, 0.2) is 16.6 Å². The molecule has 1 aromatic rings. The van der Waals surface area contributed by atoms with E-state index in [1.807, 2.05) is 0 Å². The first-order valence-corrected chi connectivity index (χ1v) is 6.79. The summed E-state index contributed by atoms with van der Waals surface area (Å²) >= 11 is 9.26. The molecule has 102 valence electrons. The summed E-state index contributed by atoms with van der Waals surface area (Å²) in [6.07, 6.45) is 0.204. The lowest BCUT2D eigenvalue weighted by Gasteiger charge is -2.14. The van der Waals surface area contributed by atoms with Crippen LogP contribution < -0.4 is 15.4 Å². The average Bonchev–Trinajstić information content (AvgIpc) is 2.75. The molecular formula is C12H12BrClN2O3. The Balaban J connectivity index is 2.18. The van der Waals surface area contributed by atoms with Gasteiger partial charge in [0.25, 0.3) is 0 Å². The first kappa shape index (κ1) is 14.1. The summed E-state index contributed by atoms with van der Waals surface area (Å²) in [6, 6.07) is 3.28. The van der Waals surface area contributed by atoms with E-state index >= 15 is 0 Å². The number of benzene rings is 1. The van der Waals surface area contributed by atoms with Gasteiger partial charge >= 0.3 is 0 Å². The Kier molecular flexibility index (Phi) is 4.31. The fraction of sp³-hybridized carbons (Fsp3) is 0.333. The largest absolute Gasteiger partial charge is 0.493 e. The molecule has 1 aromatic carbocycles. The van der Waals surface area contributed by atoms with Crippen molar-refractivity contribution in [2.45, 2.75) is 6.42 Å². The van der Waals surface area contributed by atoms with Gasteiger partial charge in [0.1, 0.15) is 0 Å². The van der Waals surface area contributed by atoms with Crippen molar-refractivity contribution in [1.82, 2.24) is 5.32 Å². The van der Waals surface area contributed by atoms with Crippen molar-refractivity contribution in [2.24, 2.45) is 5.92 Å². The van der Waals surface area contributed by atoms with Gasteiger partial charge in [0, 0.05) is 18.0 Å². The second-order valence-electron chi connectivity index (χ2n) is 4.16. The van der Waals surface area contributed by atoms with E-state index in [2.05, 4.69) is 26.6 Å². The molecule has 1 saturated heterocycles. The van der Waals surface area contributed by atoms with Crippen LogP contribution in [0.3, 0.4) is 0 Å². The second kappa shape index (κ2) is 5.79. The Hall–Kier alpha value is -1.27. The molecule has 1 unspecified atom stereocenters. The summed E-state index contributed by atoms with van der Waals surface area (Å²) in [5.74, 6) is -0.213. The van der Waals surface area contributed by atoms with E-state index in [4.69, 9.17) is 16.3 Å². The molecule has 1 aliphatic rings. The molecule has 0 radical (unpaired) electrons. The summed E-state index contributed by atoms with van der Waals surface area (Å²) in [6.45, 7) is 0.356. The van der Waals surface area contributed by atoms with Gasteiger partial charge in [-0.1, -0.05) is 11.6 Å². The Bertz CT molecular complexity index is 536. The molecule has 19 heavy (non-hydrogen) atoms. The van der Waals surface area contributed by atoms with Crippen LogP contribution in [0.5, 0.6) is 5.75 Å². The molecule has 1 fully saturated rings. The van der Waals surface area contributed by atoms with Crippen molar-refractivity contribution in [2.75, 3.05) is 19.0 Å². The number of nitrogens with one attached hydrogen (secondary N) is 2. The lowest BCUT2D eigenvalue weighted by molar-refractivity contribution is -0.123. The van der Waals surface area contributed by atoms with Crippen LogP contribution in [0.25, 0.3) is 0 Å². The molecule has 1 atom stereocenters. The SMILES string of the molecule is COc1c(Br)cc(Cl)cc1NC(=O)C1CNC(=O)C1. The van der Waals surface area contributed by atoms with E-state index in [0.717, 1.165) is 0 Å². The molecule has 2 amide bonds. The van der Waals surface area contributed by atoms with Gasteiger partial charge in [-0.15, -0.1) is 0 Å². The fourth-order valence-electron chi connectivity index (χ4n) is 1.89. The Morgan fingerprint density at radius 2 is 2.32 bits per heavy atom. The number of carbonyl (C=O) groups excluding carboxylic acids is 2. The van der Waals surface area contributed by atoms with Gasteiger partial charge in [0.2, 0.25) is 11.8 Å². The Morgan fingerprint density at radius 1 is 1.58 bits per heavy atom. The summed E-state index contributed by atoms with van der Waals surface area (Å²) in [5, 5.41) is 5.83. The van der Waals surface area contributed by atoms with Crippen LogP contribution in [0.4, 0.5) is 5.69 Å². The molecule has 7 heteroatoms. The van der Waals surface area contributed by atoms with Crippen LogP contribution in [-0.2, 0) is 9.59 Å². The van der Waals surface area contributed by atoms with E-state index in [1.165, 1.54) is 7.11 Å². The highest BCUT2D eigenvalue weighted by Gasteiger charge is 2.28. The van der Waals surface area contributed by atoms with Gasteiger partial charge in [-0.25, -0.2) is 0 Å². The lowest BCUT2D eigenvalue weighted by atomic mass is 10.1. The molecule has 5 nitrogen and oxygen atoms in total. The first-order valence-electron chi connectivity index (χ1n) is 5.62. The Morgan fingerprint density at radius 3 is 2.89 bits per heavy atom. The van der Waals surface area contributed by atoms with Gasteiger partial charge in [-0.05, 0) is 28.1 Å². The van der Waals surface area contributed by atoms with Crippen LogP contribution in [-0.4, -0.2) is 25.5 Å². The molecule has 0 aliphatic carbocycles. The first-order chi connectivity index (χ1) is 9.01. The molecule has 0 bridgehead atoms. The molecule has 0 spiro atoms. The topological polar surface area (TPSA) is 67.4 Å². The van der Waals surface area contributed by atoms with E-state index in [9.17, 15) is 9.59 Å². The highest BCUT2D eigenvalue weighted by molar-refractivity contribution is 9.10. The number of methoxy groups -OCH3 is 1. The van der Waals surface area contributed by atoms with Crippen molar-refractivity contribution in [3.05, 3.63) is 21.6 Å². The molecule has 0 saturated carbocycles. The number of rotatable bonds is 3. The lowest BCUT2D eigenvalue weighted by Crippen LogP contribution is -2.24. The monoisotopic (exact) mass is 346 g/mol. The van der Waals surface area contributed by atoms with E-state index < -0.39 is 0 Å². The third kappa shape index (κ3) is 3.19. The zero-order valence-corrected chi connectivity index (χ0v) is 12.5. The van der Waals surface area contributed by atoms with Gasteiger partial charge < -0.3 is 15.4 Å². The highest BCUT2D eigenvalue weighted by Crippen LogP contribution is 2.36. The molecule has 1 aliphatic heterocycles. The normalized spacial score (nSPS) is 18.1. The molecule has 1 heterocycles. The number of carbonyl (C=O) groups is 2. The number of halogens is 2. The summed E-state index contributed by atoms with van der Waals surface area (Å²) in [5.41, 5.74) is 0.478. The molecule has 0 aromatic heterocycles. The molecule has 2 rings (SSSR count). The minimum Gasteiger partial charge on any atom is -0.493 e. The minimum atomic E-state index is -0.366. The van der Waals surface area contributed by atoms with Gasteiger partial charge in [0.05, 0.1) is 23.2 Å². The maximum Gasteiger partial charge on any atom is 0.229 e. The van der Waals surface area contributed by atoms with Crippen molar-refractivity contribution in [1.29, 1.82) is 0 Å². The predicted molar refractivity (Wildman–Crippen MR) is 75.5 cm³/mol. The maximum atomic E-state index is 12.0. The third-order valence-corrected chi connectivity index (χ3v) is 3.63. The predicted octanol–water partition coefficient (Wildman–Crippen LogP) is 2.19. The molecule has 2 N–H and O–H groups in total. The summed E-state index contributed by atoms with van der Waals surface area (Å²) < 4.78 is 5.86. The standard InChI is InChI=1S/C12H12BrClN2O3/c1-19-11-8(13)3-7(14)4-9(11)16-12(18)6-2-10(17)15-5-6/h3-4,6H,2,5H2,1H3,(H,15,17)(H,16,18). The van der Waals surface area contributed by atoms with Crippen LogP contribution >= 0.6 is 27.5 Å². The number of hydrogen-bond acceptors (Lipinski definition) is 3. The summed E-state index contributed by atoms with van der Waals surface area (Å²) in [4.78, 5) is 23.1. The fourth-order valence-corrected chi connectivity index (χ4v) is 2.86. The number of amides is 2. The average molecular weight is 348 g/mol. The van der Waals surface area contributed by atoms with Crippen LogP contribution in [0.2, 0.25) is 5.02 Å². The van der Waals surface area contributed by atoms with E-state index in [-0.39, 0.29) is 24.2 Å². The van der Waals surface area contributed by atoms with Crippen molar-refractivity contribution < 1.29 is 14.3 Å². The van der Waals surface area contributed by atoms with Gasteiger partial charge in [-0.3, -0.25) is 9.59 Å².